The summed E-state index contributed by atoms with van der Waals surface area (Å²) >= 11 is 3.72. The van der Waals surface area contributed by atoms with Crippen LogP contribution in [0.25, 0.3) is 0 Å². The van der Waals surface area contributed by atoms with E-state index in [1.807, 2.05) is 41.6 Å². The Balaban J connectivity index is 0.00000338. The molecule has 9 heteroatoms. The van der Waals surface area contributed by atoms with E-state index in [0.29, 0.717) is 6.54 Å². The molecule has 0 aliphatic rings. The first-order chi connectivity index (χ1) is 12.1. The number of thioether (sulfide) groups is 1. The normalized spacial score (nSPS) is 11.3. The smallest absolute Gasteiger partial charge is 0.192 e. The van der Waals surface area contributed by atoms with Gasteiger partial charge < -0.3 is 15.2 Å². The molecule has 0 saturated carbocycles. The molecule has 0 radical (unpaired) electrons. The van der Waals surface area contributed by atoms with Crippen LogP contribution in [0.2, 0.25) is 0 Å². The van der Waals surface area contributed by atoms with Gasteiger partial charge in [0.2, 0.25) is 0 Å². The van der Waals surface area contributed by atoms with Crippen LogP contribution in [0.15, 0.2) is 17.1 Å². The zero-order valence-corrected chi connectivity index (χ0v) is 19.9. The number of aliphatic imine (C=N–C) groups is 1. The van der Waals surface area contributed by atoms with Crippen molar-refractivity contribution in [2.75, 3.05) is 18.6 Å². The molecule has 146 valence electrons. The fourth-order valence-corrected chi connectivity index (χ4v) is 3.54. The molecule has 0 aliphatic heterocycles. The molecule has 0 spiro atoms. The van der Waals surface area contributed by atoms with E-state index < -0.39 is 0 Å². The van der Waals surface area contributed by atoms with Gasteiger partial charge in [0.15, 0.2) is 11.8 Å². The third-order valence-corrected chi connectivity index (χ3v) is 5.80. The summed E-state index contributed by atoms with van der Waals surface area (Å²) in [5.74, 6) is 3.74. The molecule has 0 amide bonds. The number of rotatable bonds is 9. The van der Waals surface area contributed by atoms with Gasteiger partial charge in [0.05, 0.1) is 6.54 Å². The zero-order chi connectivity index (χ0) is 18.1. The van der Waals surface area contributed by atoms with Crippen molar-refractivity contribution in [1.29, 1.82) is 0 Å². The third kappa shape index (κ3) is 7.43. The van der Waals surface area contributed by atoms with Gasteiger partial charge in [-0.15, -0.1) is 45.5 Å². The van der Waals surface area contributed by atoms with Crippen LogP contribution in [-0.4, -0.2) is 39.3 Å². The number of halogens is 1. The van der Waals surface area contributed by atoms with Crippen molar-refractivity contribution in [2.24, 2.45) is 12.0 Å². The van der Waals surface area contributed by atoms with E-state index in [1.165, 1.54) is 9.75 Å². The summed E-state index contributed by atoms with van der Waals surface area (Å²) in [6.07, 6.45) is 4.33. The second-order valence-electron chi connectivity index (χ2n) is 5.74. The first kappa shape index (κ1) is 23.2. The fourth-order valence-electron chi connectivity index (χ4n) is 2.21. The van der Waals surface area contributed by atoms with Crippen molar-refractivity contribution >= 4 is 53.0 Å². The lowest BCUT2D eigenvalue weighted by molar-refractivity contribution is 0.747. The number of aromatic nitrogens is 3. The van der Waals surface area contributed by atoms with E-state index in [9.17, 15) is 0 Å². The molecule has 26 heavy (non-hydrogen) atoms. The molecule has 0 aromatic carbocycles. The molecule has 6 nitrogen and oxygen atoms in total. The molecule has 2 heterocycles. The van der Waals surface area contributed by atoms with Crippen LogP contribution >= 0.6 is 47.1 Å². The number of nitrogens with zero attached hydrogens (tertiary/aromatic N) is 4. The maximum absolute atomic E-state index is 4.68. The molecule has 2 aromatic rings. The topological polar surface area (TPSA) is 67.1 Å². The minimum absolute atomic E-state index is 0. The van der Waals surface area contributed by atoms with Crippen molar-refractivity contribution in [1.82, 2.24) is 25.4 Å². The summed E-state index contributed by atoms with van der Waals surface area (Å²) in [5, 5.41) is 15.1. The lowest BCUT2D eigenvalue weighted by atomic mass is 10.3. The summed E-state index contributed by atoms with van der Waals surface area (Å²) in [4.78, 5) is 7.42. The standard InChI is InChI=1S/C17H28N6S2.HI/c1-5-14-7-8-15(25-14)11-19-17(18-9-6-10-24-4)20-12-16-22-21-13(2)23(16)3;/h7-8H,5-6,9-12H2,1-4H3,(H2,18,19,20);1H. The van der Waals surface area contributed by atoms with Crippen LogP contribution < -0.4 is 10.6 Å². The van der Waals surface area contributed by atoms with Crippen LogP contribution in [0.1, 0.15) is 34.7 Å². The van der Waals surface area contributed by atoms with Gasteiger partial charge >= 0.3 is 0 Å². The quantitative estimate of drug-likeness (QED) is 0.235. The highest BCUT2D eigenvalue weighted by atomic mass is 127. The molecule has 0 aliphatic carbocycles. The number of guanidine groups is 1. The molecule has 2 rings (SSSR count). The summed E-state index contributed by atoms with van der Waals surface area (Å²) in [5.41, 5.74) is 0. The molecular weight excluding hydrogens is 479 g/mol. The van der Waals surface area contributed by atoms with Gasteiger partial charge in [-0.2, -0.15) is 11.8 Å². The molecule has 0 unspecified atom stereocenters. The molecule has 0 fully saturated rings. The predicted octanol–water partition coefficient (Wildman–Crippen LogP) is 3.35. The first-order valence-corrected chi connectivity index (χ1v) is 10.8. The molecule has 0 bridgehead atoms. The second kappa shape index (κ2) is 12.6. The largest absolute Gasteiger partial charge is 0.356 e. The summed E-state index contributed by atoms with van der Waals surface area (Å²) < 4.78 is 1.97. The van der Waals surface area contributed by atoms with Gasteiger partial charge in [-0.05, 0) is 43.9 Å². The van der Waals surface area contributed by atoms with Crippen molar-refractivity contribution < 1.29 is 0 Å². The monoisotopic (exact) mass is 508 g/mol. The Kier molecular flexibility index (Phi) is 11.2. The van der Waals surface area contributed by atoms with Crippen molar-refractivity contribution in [3.8, 4) is 0 Å². The highest BCUT2D eigenvalue weighted by Crippen LogP contribution is 2.16. The molecule has 2 aromatic heterocycles. The maximum Gasteiger partial charge on any atom is 0.192 e. The van der Waals surface area contributed by atoms with E-state index in [1.54, 1.807) is 0 Å². The van der Waals surface area contributed by atoms with Gasteiger partial charge in [-0.25, -0.2) is 4.99 Å². The average molecular weight is 508 g/mol. The third-order valence-electron chi connectivity index (χ3n) is 3.87. The maximum atomic E-state index is 4.68. The van der Waals surface area contributed by atoms with Gasteiger partial charge in [0.1, 0.15) is 12.4 Å². The van der Waals surface area contributed by atoms with Gasteiger partial charge in [-0.3, -0.25) is 0 Å². The number of thiophene rings is 1. The van der Waals surface area contributed by atoms with Gasteiger partial charge in [0, 0.05) is 23.3 Å². The Morgan fingerprint density at radius 1 is 1.27 bits per heavy atom. The molecular formula is C17H29IN6S2. The molecule has 2 N–H and O–H groups in total. The van der Waals surface area contributed by atoms with Gasteiger partial charge in [-0.1, -0.05) is 6.92 Å². The van der Waals surface area contributed by atoms with Crippen LogP contribution in [0.3, 0.4) is 0 Å². The number of hydrogen-bond acceptors (Lipinski definition) is 5. The Bertz CT molecular complexity index is 683. The van der Waals surface area contributed by atoms with E-state index >= 15 is 0 Å². The van der Waals surface area contributed by atoms with E-state index in [-0.39, 0.29) is 24.0 Å². The Hall–Kier alpha value is -0.810. The van der Waals surface area contributed by atoms with Crippen LogP contribution in [0.4, 0.5) is 0 Å². The van der Waals surface area contributed by atoms with E-state index in [0.717, 1.165) is 49.3 Å². The Morgan fingerprint density at radius 3 is 2.65 bits per heavy atom. The van der Waals surface area contributed by atoms with Crippen molar-refractivity contribution in [3.05, 3.63) is 33.5 Å². The lowest BCUT2D eigenvalue weighted by Crippen LogP contribution is -2.37. The zero-order valence-electron chi connectivity index (χ0n) is 15.9. The van der Waals surface area contributed by atoms with E-state index in [4.69, 9.17) is 0 Å². The Labute approximate surface area is 181 Å². The van der Waals surface area contributed by atoms with Crippen LogP contribution in [0, 0.1) is 6.92 Å². The minimum atomic E-state index is 0. The SMILES string of the molecule is CCc1ccc(CNC(=NCc2nnc(C)n2C)NCCCSC)s1.I. The summed E-state index contributed by atoms with van der Waals surface area (Å²) in [7, 11) is 1.97. The first-order valence-electron chi connectivity index (χ1n) is 8.57. The lowest BCUT2D eigenvalue weighted by Gasteiger charge is -2.12. The van der Waals surface area contributed by atoms with Crippen molar-refractivity contribution in [2.45, 2.75) is 39.8 Å². The van der Waals surface area contributed by atoms with E-state index in [2.05, 4.69) is 51.1 Å². The van der Waals surface area contributed by atoms with Gasteiger partial charge in [0.25, 0.3) is 0 Å². The second-order valence-corrected chi connectivity index (χ2v) is 7.97. The summed E-state index contributed by atoms with van der Waals surface area (Å²) in [6, 6.07) is 4.39. The highest BCUT2D eigenvalue weighted by molar-refractivity contribution is 14.0. The minimum Gasteiger partial charge on any atom is -0.356 e. The fraction of sp³-hybridized carbons (Fsp3) is 0.588. The van der Waals surface area contributed by atoms with Crippen LogP contribution in [0.5, 0.6) is 0 Å². The van der Waals surface area contributed by atoms with Crippen LogP contribution in [-0.2, 0) is 26.6 Å². The number of hydrogen-bond donors (Lipinski definition) is 2. The Morgan fingerprint density at radius 2 is 2.04 bits per heavy atom. The van der Waals surface area contributed by atoms with Crippen molar-refractivity contribution in [3.63, 3.8) is 0 Å². The molecule has 0 atom stereocenters. The number of nitrogens with one attached hydrogen (secondary N) is 2. The predicted molar refractivity (Wildman–Crippen MR) is 124 cm³/mol. The average Bonchev–Trinajstić information content (AvgIpc) is 3.21. The number of aryl methyl sites for hydroxylation is 2. The highest BCUT2D eigenvalue weighted by Gasteiger charge is 2.06. The summed E-state index contributed by atoms with van der Waals surface area (Å²) in [6.45, 7) is 6.35. The molecule has 0 saturated heterocycles.